The summed E-state index contributed by atoms with van der Waals surface area (Å²) in [7, 11) is 0. The van der Waals surface area contributed by atoms with Crippen LogP contribution in [0.2, 0.25) is 0 Å². The summed E-state index contributed by atoms with van der Waals surface area (Å²) in [5, 5.41) is 2.17. The standard InChI is InChI=1S/C11H17NOS/c1-9-3-6-14-10(9)11(4-2-5-12)7-13-8-11/h3,6H,2,4-5,7-8,12H2,1H3. The molecule has 2 nitrogen and oxygen atoms in total. The van der Waals surface area contributed by atoms with Crippen molar-refractivity contribution in [3.63, 3.8) is 0 Å². The van der Waals surface area contributed by atoms with Crippen molar-refractivity contribution in [2.45, 2.75) is 25.2 Å². The third-order valence-corrected chi connectivity index (χ3v) is 4.22. The lowest BCUT2D eigenvalue weighted by molar-refractivity contribution is -0.0633. The molecular weight excluding hydrogens is 194 g/mol. The summed E-state index contributed by atoms with van der Waals surface area (Å²) in [5.41, 5.74) is 7.28. The summed E-state index contributed by atoms with van der Waals surface area (Å²) in [6, 6.07) is 2.20. The first-order valence-corrected chi connectivity index (χ1v) is 5.99. The molecule has 0 aromatic carbocycles. The van der Waals surface area contributed by atoms with Gasteiger partial charge < -0.3 is 10.5 Å². The molecule has 3 heteroatoms. The minimum atomic E-state index is 0.303. The molecule has 1 aromatic heterocycles. The van der Waals surface area contributed by atoms with Crippen molar-refractivity contribution in [2.24, 2.45) is 5.73 Å². The van der Waals surface area contributed by atoms with Crippen molar-refractivity contribution in [2.75, 3.05) is 19.8 Å². The van der Waals surface area contributed by atoms with Crippen LogP contribution in [0.5, 0.6) is 0 Å². The Morgan fingerprint density at radius 1 is 1.57 bits per heavy atom. The van der Waals surface area contributed by atoms with Crippen molar-refractivity contribution in [1.82, 2.24) is 0 Å². The monoisotopic (exact) mass is 211 g/mol. The number of hydrogen-bond acceptors (Lipinski definition) is 3. The summed E-state index contributed by atoms with van der Waals surface area (Å²) >= 11 is 1.86. The van der Waals surface area contributed by atoms with Gasteiger partial charge in [0.25, 0.3) is 0 Å². The van der Waals surface area contributed by atoms with Crippen LogP contribution >= 0.6 is 11.3 Å². The molecule has 78 valence electrons. The lowest BCUT2D eigenvalue weighted by Crippen LogP contribution is -2.46. The minimum Gasteiger partial charge on any atom is -0.379 e. The highest BCUT2D eigenvalue weighted by molar-refractivity contribution is 7.10. The van der Waals surface area contributed by atoms with E-state index in [9.17, 15) is 0 Å². The number of aryl methyl sites for hydroxylation is 1. The third kappa shape index (κ3) is 1.60. The Bertz CT molecular complexity index is 304. The van der Waals surface area contributed by atoms with Crippen LogP contribution in [0, 0.1) is 6.92 Å². The smallest absolute Gasteiger partial charge is 0.0593 e. The minimum absolute atomic E-state index is 0.303. The van der Waals surface area contributed by atoms with Gasteiger partial charge >= 0.3 is 0 Å². The largest absolute Gasteiger partial charge is 0.379 e. The highest BCUT2D eigenvalue weighted by Crippen LogP contribution is 2.41. The molecule has 1 saturated heterocycles. The number of hydrogen-bond donors (Lipinski definition) is 1. The second-order valence-corrected chi connectivity index (χ2v) is 5.01. The normalized spacial score (nSPS) is 19.3. The lowest BCUT2D eigenvalue weighted by Gasteiger charge is -2.41. The fourth-order valence-corrected chi connectivity index (χ4v) is 3.23. The molecule has 14 heavy (non-hydrogen) atoms. The fraction of sp³-hybridized carbons (Fsp3) is 0.636. The lowest BCUT2D eigenvalue weighted by atomic mass is 9.78. The average Bonchev–Trinajstić information content (AvgIpc) is 2.51. The first-order chi connectivity index (χ1) is 6.78. The van der Waals surface area contributed by atoms with Gasteiger partial charge in [0.1, 0.15) is 0 Å². The first-order valence-electron chi connectivity index (χ1n) is 5.11. The predicted octanol–water partition coefficient (Wildman–Crippen LogP) is 2.06. The van der Waals surface area contributed by atoms with Crippen LogP contribution in [0.1, 0.15) is 23.3 Å². The highest BCUT2D eigenvalue weighted by Gasteiger charge is 2.41. The Morgan fingerprint density at radius 2 is 2.36 bits per heavy atom. The van der Waals surface area contributed by atoms with Crippen molar-refractivity contribution in [1.29, 1.82) is 0 Å². The highest BCUT2D eigenvalue weighted by atomic mass is 32.1. The Kier molecular flexibility index (Phi) is 2.91. The molecule has 0 spiro atoms. The quantitative estimate of drug-likeness (QED) is 0.827. The summed E-state index contributed by atoms with van der Waals surface area (Å²) in [6.07, 6.45) is 2.27. The molecule has 0 unspecified atom stereocenters. The average molecular weight is 211 g/mol. The maximum Gasteiger partial charge on any atom is 0.0593 e. The fourth-order valence-electron chi connectivity index (χ4n) is 2.09. The van der Waals surface area contributed by atoms with Gasteiger partial charge in [-0.15, -0.1) is 11.3 Å². The topological polar surface area (TPSA) is 35.2 Å². The molecule has 1 aromatic rings. The van der Waals surface area contributed by atoms with Crippen LogP contribution in [0.3, 0.4) is 0 Å². The zero-order valence-corrected chi connectivity index (χ0v) is 9.40. The maximum absolute atomic E-state index is 5.57. The Balaban J connectivity index is 2.16. The number of ether oxygens (including phenoxy) is 1. The zero-order valence-electron chi connectivity index (χ0n) is 8.58. The van der Waals surface area contributed by atoms with E-state index in [0.717, 1.165) is 26.2 Å². The van der Waals surface area contributed by atoms with E-state index in [2.05, 4.69) is 18.4 Å². The van der Waals surface area contributed by atoms with Gasteiger partial charge in [-0.1, -0.05) is 0 Å². The molecule has 0 atom stereocenters. The van der Waals surface area contributed by atoms with Crippen molar-refractivity contribution in [3.8, 4) is 0 Å². The number of nitrogens with two attached hydrogens (primary N) is 1. The molecule has 1 aliphatic heterocycles. The van der Waals surface area contributed by atoms with Crippen molar-refractivity contribution >= 4 is 11.3 Å². The molecule has 2 heterocycles. The molecule has 2 N–H and O–H groups in total. The van der Waals surface area contributed by atoms with E-state index in [1.807, 2.05) is 11.3 Å². The van der Waals surface area contributed by atoms with E-state index < -0.39 is 0 Å². The predicted molar refractivity (Wildman–Crippen MR) is 59.8 cm³/mol. The van der Waals surface area contributed by atoms with Crippen LogP contribution in [0.4, 0.5) is 0 Å². The second-order valence-electron chi connectivity index (χ2n) is 4.10. The summed E-state index contributed by atoms with van der Waals surface area (Å²) < 4.78 is 5.38. The molecular formula is C11H17NOS. The molecule has 1 aliphatic rings. The summed E-state index contributed by atoms with van der Waals surface area (Å²) in [5.74, 6) is 0. The van der Waals surface area contributed by atoms with Crippen LogP contribution in [-0.4, -0.2) is 19.8 Å². The molecule has 0 radical (unpaired) electrons. The van der Waals surface area contributed by atoms with Crippen molar-refractivity contribution < 1.29 is 4.74 Å². The van der Waals surface area contributed by atoms with E-state index in [-0.39, 0.29) is 0 Å². The second kappa shape index (κ2) is 4.01. The van der Waals surface area contributed by atoms with Crippen LogP contribution in [0.15, 0.2) is 11.4 Å². The van der Waals surface area contributed by atoms with E-state index >= 15 is 0 Å². The number of thiophene rings is 1. The maximum atomic E-state index is 5.57. The van der Waals surface area contributed by atoms with Gasteiger partial charge in [-0.3, -0.25) is 0 Å². The van der Waals surface area contributed by atoms with E-state index in [4.69, 9.17) is 10.5 Å². The summed E-state index contributed by atoms with van der Waals surface area (Å²) in [6.45, 7) is 4.74. The molecule has 0 amide bonds. The molecule has 0 aliphatic carbocycles. The van der Waals surface area contributed by atoms with Gasteiger partial charge in [-0.05, 0) is 43.3 Å². The van der Waals surface area contributed by atoms with Gasteiger partial charge in [-0.2, -0.15) is 0 Å². The van der Waals surface area contributed by atoms with Crippen molar-refractivity contribution in [3.05, 3.63) is 21.9 Å². The van der Waals surface area contributed by atoms with E-state index in [1.165, 1.54) is 16.9 Å². The van der Waals surface area contributed by atoms with E-state index in [1.54, 1.807) is 0 Å². The van der Waals surface area contributed by atoms with Gasteiger partial charge in [0, 0.05) is 4.88 Å². The molecule has 2 rings (SSSR count). The van der Waals surface area contributed by atoms with Crippen LogP contribution in [-0.2, 0) is 10.2 Å². The van der Waals surface area contributed by atoms with Crippen LogP contribution < -0.4 is 5.73 Å². The molecule has 0 saturated carbocycles. The van der Waals surface area contributed by atoms with Gasteiger partial charge in [0.15, 0.2) is 0 Å². The summed E-state index contributed by atoms with van der Waals surface area (Å²) in [4.78, 5) is 1.51. The van der Waals surface area contributed by atoms with Gasteiger partial charge in [0.2, 0.25) is 0 Å². The Labute approximate surface area is 89.1 Å². The Morgan fingerprint density at radius 3 is 2.79 bits per heavy atom. The molecule has 1 fully saturated rings. The number of rotatable bonds is 4. The van der Waals surface area contributed by atoms with E-state index in [0.29, 0.717) is 5.41 Å². The first kappa shape index (κ1) is 10.1. The van der Waals surface area contributed by atoms with Gasteiger partial charge in [-0.25, -0.2) is 0 Å². The van der Waals surface area contributed by atoms with Crippen LogP contribution in [0.25, 0.3) is 0 Å². The molecule has 0 bridgehead atoms. The van der Waals surface area contributed by atoms with Gasteiger partial charge in [0.05, 0.1) is 18.6 Å². The Hall–Kier alpha value is -0.380. The third-order valence-electron chi connectivity index (χ3n) is 2.96. The zero-order chi connectivity index (χ0) is 10.0. The SMILES string of the molecule is Cc1ccsc1C1(CCCN)COC1.